The zero-order valence-electron chi connectivity index (χ0n) is 12.5. The van der Waals surface area contributed by atoms with Gasteiger partial charge in [0.05, 0.1) is 6.20 Å². The van der Waals surface area contributed by atoms with Gasteiger partial charge in [-0.15, -0.1) is 0 Å². The van der Waals surface area contributed by atoms with Crippen LogP contribution in [0.25, 0.3) is 11.1 Å². The normalized spacial score (nSPS) is 20.8. The van der Waals surface area contributed by atoms with Crippen molar-refractivity contribution < 1.29 is 9.18 Å². The van der Waals surface area contributed by atoms with Crippen LogP contribution in [0.2, 0.25) is 5.15 Å². The number of nitrogens with zero attached hydrogens (tertiary/aromatic N) is 3. The average molecular weight is 333 g/mol. The molecule has 1 aromatic carbocycles. The lowest BCUT2D eigenvalue weighted by atomic mass is 9.90. The summed E-state index contributed by atoms with van der Waals surface area (Å²) in [6.07, 6.45) is 1.05. The van der Waals surface area contributed by atoms with E-state index in [0.29, 0.717) is 16.7 Å². The Hall–Kier alpha value is -2.47. The van der Waals surface area contributed by atoms with Crippen LogP contribution in [0, 0.1) is 5.82 Å². The van der Waals surface area contributed by atoms with Crippen LogP contribution in [0.15, 0.2) is 41.5 Å². The van der Waals surface area contributed by atoms with E-state index in [1.165, 1.54) is 11.0 Å². The quantitative estimate of drug-likeness (QED) is 0.859. The van der Waals surface area contributed by atoms with Gasteiger partial charge in [0, 0.05) is 12.6 Å². The highest BCUT2D eigenvalue weighted by Gasteiger charge is 2.43. The van der Waals surface area contributed by atoms with Gasteiger partial charge in [-0.05, 0) is 30.2 Å². The fourth-order valence-electron chi connectivity index (χ4n) is 2.59. The molecule has 0 radical (unpaired) electrons. The van der Waals surface area contributed by atoms with Crippen LogP contribution in [0.5, 0.6) is 0 Å². The second-order valence-electron chi connectivity index (χ2n) is 5.48. The molecule has 2 heterocycles. The Balaban J connectivity index is 2.11. The monoisotopic (exact) mass is 332 g/mol. The lowest BCUT2D eigenvalue weighted by molar-refractivity contribution is -0.130. The summed E-state index contributed by atoms with van der Waals surface area (Å²) in [4.78, 5) is 21.8. The number of carbonyl (C=O) groups is 1. The maximum absolute atomic E-state index is 13.5. The third-order valence-corrected chi connectivity index (χ3v) is 4.25. The maximum Gasteiger partial charge on any atom is 0.261 e. The number of guanidine groups is 1. The van der Waals surface area contributed by atoms with Gasteiger partial charge in [0.25, 0.3) is 5.91 Å². The third-order valence-electron chi connectivity index (χ3n) is 3.94. The highest BCUT2D eigenvalue weighted by atomic mass is 35.5. The molecule has 0 fully saturated rings. The first-order valence-corrected chi connectivity index (χ1v) is 7.26. The number of nitrogens with two attached hydrogens (primary N) is 1. The minimum absolute atomic E-state index is 0.161. The number of amides is 1. The van der Waals surface area contributed by atoms with E-state index in [1.807, 2.05) is 0 Å². The zero-order chi connectivity index (χ0) is 16.8. The molecule has 3 rings (SSSR count). The Morgan fingerprint density at radius 1 is 1.35 bits per heavy atom. The van der Waals surface area contributed by atoms with Crippen LogP contribution in [0.1, 0.15) is 12.5 Å². The number of carbonyl (C=O) groups excluding carboxylic acids is 1. The van der Waals surface area contributed by atoms with Gasteiger partial charge < -0.3 is 5.73 Å². The number of aromatic nitrogens is 1. The molecule has 2 aromatic rings. The summed E-state index contributed by atoms with van der Waals surface area (Å²) in [5.74, 6) is -0.552. The Morgan fingerprint density at radius 2 is 2.09 bits per heavy atom. The van der Waals surface area contributed by atoms with Gasteiger partial charge in [-0.1, -0.05) is 29.8 Å². The van der Waals surface area contributed by atoms with Crippen LogP contribution >= 0.6 is 11.6 Å². The second-order valence-corrected chi connectivity index (χ2v) is 5.84. The van der Waals surface area contributed by atoms with Crippen molar-refractivity contribution in [2.75, 3.05) is 7.05 Å². The van der Waals surface area contributed by atoms with Gasteiger partial charge in [0.15, 0.2) is 11.5 Å². The van der Waals surface area contributed by atoms with E-state index in [4.69, 9.17) is 17.3 Å². The summed E-state index contributed by atoms with van der Waals surface area (Å²) in [5.41, 5.74) is 6.39. The molecule has 23 heavy (non-hydrogen) atoms. The molecular formula is C16H14ClFN4O. The molecule has 0 saturated heterocycles. The average Bonchev–Trinajstić information content (AvgIpc) is 2.74. The maximum atomic E-state index is 13.5. The van der Waals surface area contributed by atoms with Crippen molar-refractivity contribution in [1.29, 1.82) is 0 Å². The molecular weight excluding hydrogens is 319 g/mol. The highest BCUT2D eigenvalue weighted by molar-refractivity contribution is 6.32. The Morgan fingerprint density at radius 3 is 2.74 bits per heavy atom. The minimum atomic E-state index is -1.11. The molecule has 2 N–H and O–H groups in total. The summed E-state index contributed by atoms with van der Waals surface area (Å²) >= 11 is 6.05. The van der Waals surface area contributed by atoms with Gasteiger partial charge in [0.2, 0.25) is 0 Å². The molecule has 1 aromatic heterocycles. The van der Waals surface area contributed by atoms with Crippen molar-refractivity contribution in [3.05, 3.63) is 53.1 Å². The Bertz CT molecular complexity index is 839. The van der Waals surface area contributed by atoms with Gasteiger partial charge in [-0.3, -0.25) is 9.69 Å². The van der Waals surface area contributed by atoms with Crippen LogP contribution in [0.4, 0.5) is 4.39 Å². The van der Waals surface area contributed by atoms with E-state index in [9.17, 15) is 9.18 Å². The van der Waals surface area contributed by atoms with E-state index in [0.717, 1.165) is 6.20 Å². The molecule has 0 saturated carbocycles. The molecule has 1 unspecified atom stereocenters. The van der Waals surface area contributed by atoms with Gasteiger partial charge in [0.1, 0.15) is 11.0 Å². The molecule has 118 valence electrons. The summed E-state index contributed by atoms with van der Waals surface area (Å²) in [7, 11) is 1.57. The number of likely N-dealkylation sites (N-methyl/N-ethyl adjacent to an activating group) is 1. The molecule has 5 nitrogen and oxygen atoms in total. The third kappa shape index (κ3) is 2.45. The first-order valence-electron chi connectivity index (χ1n) is 6.88. The first-order chi connectivity index (χ1) is 10.8. The first kappa shape index (κ1) is 15.4. The number of rotatable bonds is 2. The van der Waals surface area contributed by atoms with Crippen molar-refractivity contribution in [2.24, 2.45) is 10.7 Å². The number of benzene rings is 1. The summed E-state index contributed by atoms with van der Waals surface area (Å²) in [6, 6.07) is 8.35. The number of aliphatic imine (C=N–C) groups is 1. The number of pyridine rings is 1. The van der Waals surface area contributed by atoms with Gasteiger partial charge in [-0.2, -0.15) is 0 Å². The van der Waals surface area contributed by atoms with Crippen molar-refractivity contribution in [2.45, 2.75) is 12.5 Å². The Labute approximate surface area is 137 Å². The molecule has 0 spiro atoms. The van der Waals surface area contributed by atoms with E-state index >= 15 is 0 Å². The van der Waals surface area contributed by atoms with Crippen LogP contribution in [-0.2, 0) is 10.3 Å². The van der Waals surface area contributed by atoms with Gasteiger partial charge in [-0.25, -0.2) is 14.4 Å². The van der Waals surface area contributed by atoms with Crippen molar-refractivity contribution in [3.8, 4) is 11.1 Å². The SMILES string of the molecule is CN1C(=O)C(C)(c2cccc(-c3cc(F)cnc3Cl)c2)N=C1N. The van der Waals surface area contributed by atoms with Crippen LogP contribution in [-0.4, -0.2) is 28.8 Å². The van der Waals surface area contributed by atoms with Crippen molar-refractivity contribution >= 4 is 23.5 Å². The highest BCUT2D eigenvalue weighted by Crippen LogP contribution is 2.35. The van der Waals surface area contributed by atoms with Crippen LogP contribution in [0.3, 0.4) is 0 Å². The minimum Gasteiger partial charge on any atom is -0.369 e. The molecule has 1 amide bonds. The second kappa shape index (κ2) is 5.31. The number of hydrogen-bond acceptors (Lipinski definition) is 4. The number of hydrogen-bond donors (Lipinski definition) is 1. The van der Waals surface area contributed by atoms with Crippen LogP contribution < -0.4 is 5.73 Å². The lowest BCUT2D eigenvalue weighted by Crippen LogP contribution is -2.38. The van der Waals surface area contributed by atoms with E-state index in [1.54, 1.807) is 38.2 Å². The molecule has 0 aliphatic carbocycles. The standard InChI is InChI=1S/C16H14ClFN4O/c1-16(14(23)22(2)15(19)21-16)10-5-3-4-9(6-10)12-7-11(18)8-20-13(12)17/h3-8H,1-2H3,(H2,19,21). The van der Waals surface area contributed by atoms with E-state index in [-0.39, 0.29) is 17.0 Å². The van der Waals surface area contributed by atoms with Crippen molar-refractivity contribution in [1.82, 2.24) is 9.88 Å². The van der Waals surface area contributed by atoms with Crippen molar-refractivity contribution in [3.63, 3.8) is 0 Å². The fourth-order valence-corrected chi connectivity index (χ4v) is 2.80. The van der Waals surface area contributed by atoms with E-state index < -0.39 is 11.4 Å². The fraction of sp³-hybridized carbons (Fsp3) is 0.188. The molecule has 1 aliphatic rings. The summed E-state index contributed by atoms with van der Waals surface area (Å²) in [5, 5.41) is 0.187. The largest absolute Gasteiger partial charge is 0.369 e. The number of halogens is 2. The molecule has 0 bridgehead atoms. The van der Waals surface area contributed by atoms with E-state index in [2.05, 4.69) is 9.98 Å². The lowest BCUT2D eigenvalue weighted by Gasteiger charge is -2.21. The Kier molecular flexibility index (Phi) is 3.56. The summed E-state index contributed by atoms with van der Waals surface area (Å²) < 4.78 is 13.5. The molecule has 7 heteroatoms. The topological polar surface area (TPSA) is 71.6 Å². The zero-order valence-corrected chi connectivity index (χ0v) is 13.3. The predicted molar refractivity (Wildman–Crippen MR) is 86.4 cm³/mol. The predicted octanol–water partition coefficient (Wildman–Crippen LogP) is 2.54. The van der Waals surface area contributed by atoms with Gasteiger partial charge >= 0.3 is 0 Å². The summed E-state index contributed by atoms with van der Waals surface area (Å²) in [6.45, 7) is 1.69. The molecule has 1 aliphatic heterocycles. The smallest absolute Gasteiger partial charge is 0.261 e. The molecule has 1 atom stereocenters.